The molecule has 0 saturated heterocycles. The van der Waals surface area contributed by atoms with Crippen LogP contribution in [-0.2, 0) is 11.2 Å². The second-order valence-corrected chi connectivity index (χ2v) is 5.13. The van der Waals surface area contributed by atoms with Gasteiger partial charge in [-0.25, -0.2) is 4.39 Å². The molecular formula is C13H17FN2O. The molecule has 3 nitrogen and oxygen atoms in total. The number of benzene rings is 1. The van der Waals surface area contributed by atoms with Crippen LogP contribution in [0, 0.1) is 5.82 Å². The lowest BCUT2D eigenvalue weighted by Crippen LogP contribution is -2.49. The maximum Gasteiger partial charge on any atom is 0.239 e. The van der Waals surface area contributed by atoms with Crippen LogP contribution in [0.5, 0.6) is 0 Å². The highest BCUT2D eigenvalue weighted by molar-refractivity contribution is 5.85. The Morgan fingerprint density at radius 1 is 1.53 bits per heavy atom. The third kappa shape index (κ3) is 2.47. The number of rotatable bonds is 2. The van der Waals surface area contributed by atoms with Crippen LogP contribution >= 0.6 is 0 Å². The van der Waals surface area contributed by atoms with Crippen molar-refractivity contribution in [2.24, 2.45) is 5.73 Å². The smallest absolute Gasteiger partial charge is 0.239 e. The molecule has 4 heteroatoms. The van der Waals surface area contributed by atoms with Gasteiger partial charge in [-0.2, -0.15) is 0 Å². The Hall–Kier alpha value is -1.42. The minimum Gasteiger partial charge on any atom is -0.348 e. The van der Waals surface area contributed by atoms with Gasteiger partial charge >= 0.3 is 0 Å². The summed E-state index contributed by atoms with van der Waals surface area (Å²) >= 11 is 0. The van der Waals surface area contributed by atoms with E-state index in [1.165, 1.54) is 12.1 Å². The first-order valence-electron chi connectivity index (χ1n) is 5.76. The molecule has 0 aliphatic heterocycles. The number of nitrogens with two attached hydrogens (primary N) is 1. The molecule has 17 heavy (non-hydrogen) atoms. The van der Waals surface area contributed by atoms with Gasteiger partial charge in [-0.15, -0.1) is 0 Å². The molecule has 0 heterocycles. The molecule has 92 valence electrons. The summed E-state index contributed by atoms with van der Waals surface area (Å²) in [7, 11) is 0. The lowest BCUT2D eigenvalue weighted by molar-refractivity contribution is -0.126. The van der Waals surface area contributed by atoms with Gasteiger partial charge in [0.2, 0.25) is 5.91 Å². The standard InChI is InChI=1S/C13H17FN2O/c1-13(2,15)12(17)16-11-6-3-8-7-9(14)4-5-10(8)11/h4-5,7,11H,3,6,15H2,1-2H3,(H,16,17). The largest absolute Gasteiger partial charge is 0.348 e. The number of aryl methyl sites for hydroxylation is 1. The van der Waals surface area contributed by atoms with Crippen molar-refractivity contribution in [1.29, 1.82) is 0 Å². The third-order valence-corrected chi connectivity index (χ3v) is 3.07. The molecule has 1 amide bonds. The average Bonchev–Trinajstić information content (AvgIpc) is 2.59. The average molecular weight is 236 g/mol. The Balaban J connectivity index is 2.15. The summed E-state index contributed by atoms with van der Waals surface area (Å²) in [6.07, 6.45) is 1.60. The maximum absolute atomic E-state index is 13.0. The third-order valence-electron chi connectivity index (χ3n) is 3.07. The first-order chi connectivity index (χ1) is 7.88. The van der Waals surface area contributed by atoms with E-state index in [1.807, 2.05) is 0 Å². The van der Waals surface area contributed by atoms with E-state index in [2.05, 4.69) is 5.32 Å². The van der Waals surface area contributed by atoms with Gasteiger partial charge in [-0.05, 0) is 49.9 Å². The van der Waals surface area contributed by atoms with Crippen LogP contribution in [0.3, 0.4) is 0 Å². The van der Waals surface area contributed by atoms with E-state index in [1.54, 1.807) is 19.9 Å². The van der Waals surface area contributed by atoms with Crippen molar-refractivity contribution in [2.45, 2.75) is 38.3 Å². The number of nitrogens with one attached hydrogen (secondary N) is 1. The van der Waals surface area contributed by atoms with E-state index in [4.69, 9.17) is 5.73 Å². The molecule has 3 N–H and O–H groups in total. The first-order valence-corrected chi connectivity index (χ1v) is 5.76. The number of carbonyl (C=O) groups excluding carboxylic acids is 1. The minimum absolute atomic E-state index is 0.0408. The number of amides is 1. The monoisotopic (exact) mass is 236 g/mol. The maximum atomic E-state index is 13.0. The molecule has 1 unspecified atom stereocenters. The zero-order valence-corrected chi connectivity index (χ0v) is 10.1. The fourth-order valence-corrected chi connectivity index (χ4v) is 2.08. The number of carbonyl (C=O) groups is 1. The predicted octanol–water partition coefficient (Wildman–Crippen LogP) is 1.67. The lowest BCUT2D eigenvalue weighted by atomic mass is 10.0. The van der Waals surface area contributed by atoms with E-state index in [9.17, 15) is 9.18 Å². The zero-order chi connectivity index (χ0) is 12.6. The van der Waals surface area contributed by atoms with Crippen molar-refractivity contribution >= 4 is 5.91 Å². The lowest BCUT2D eigenvalue weighted by Gasteiger charge is -2.22. The normalized spacial score (nSPS) is 18.9. The van der Waals surface area contributed by atoms with Crippen LogP contribution in [0.15, 0.2) is 18.2 Å². The van der Waals surface area contributed by atoms with Crippen molar-refractivity contribution in [3.05, 3.63) is 35.1 Å². The van der Waals surface area contributed by atoms with E-state index in [0.717, 1.165) is 24.0 Å². The van der Waals surface area contributed by atoms with Crippen molar-refractivity contribution in [2.75, 3.05) is 0 Å². The fraction of sp³-hybridized carbons (Fsp3) is 0.462. The molecule has 0 bridgehead atoms. The van der Waals surface area contributed by atoms with Crippen molar-refractivity contribution in [1.82, 2.24) is 5.32 Å². The Morgan fingerprint density at radius 2 is 2.24 bits per heavy atom. The molecule has 1 aliphatic carbocycles. The molecule has 1 aromatic carbocycles. The SMILES string of the molecule is CC(C)(N)C(=O)NC1CCc2cc(F)ccc21. The molecule has 0 spiro atoms. The van der Waals surface area contributed by atoms with Gasteiger partial charge in [0.05, 0.1) is 11.6 Å². The Kier molecular flexibility index (Phi) is 2.91. The van der Waals surface area contributed by atoms with Gasteiger partial charge in [0.1, 0.15) is 5.82 Å². The number of hydrogen-bond donors (Lipinski definition) is 2. The second-order valence-electron chi connectivity index (χ2n) is 5.13. The Morgan fingerprint density at radius 3 is 2.88 bits per heavy atom. The number of halogens is 1. The minimum atomic E-state index is -0.886. The molecule has 0 fully saturated rings. The van der Waals surface area contributed by atoms with Gasteiger partial charge in [0.15, 0.2) is 0 Å². The van der Waals surface area contributed by atoms with E-state index >= 15 is 0 Å². The highest BCUT2D eigenvalue weighted by Gasteiger charge is 2.29. The second kappa shape index (κ2) is 4.11. The summed E-state index contributed by atoms with van der Waals surface area (Å²) in [6.45, 7) is 3.34. The van der Waals surface area contributed by atoms with Crippen molar-refractivity contribution in [3.8, 4) is 0 Å². The Labute approximate surface area is 100 Å². The first kappa shape index (κ1) is 12.0. The van der Waals surface area contributed by atoms with Gasteiger partial charge in [0.25, 0.3) is 0 Å². The molecule has 2 rings (SSSR count). The molecule has 0 saturated carbocycles. The molecule has 1 aliphatic rings. The Bertz CT molecular complexity index is 451. The van der Waals surface area contributed by atoms with Gasteiger partial charge in [-0.1, -0.05) is 6.07 Å². The molecule has 0 aromatic heterocycles. The van der Waals surface area contributed by atoms with Gasteiger partial charge in [-0.3, -0.25) is 4.79 Å². The van der Waals surface area contributed by atoms with Crippen molar-refractivity contribution < 1.29 is 9.18 Å². The summed E-state index contributed by atoms with van der Waals surface area (Å²) in [6, 6.07) is 4.67. The number of fused-ring (bicyclic) bond motifs is 1. The molecule has 1 aromatic rings. The predicted molar refractivity (Wildman–Crippen MR) is 63.9 cm³/mol. The summed E-state index contributed by atoms with van der Waals surface area (Å²) < 4.78 is 13.0. The summed E-state index contributed by atoms with van der Waals surface area (Å²) in [5.41, 5.74) is 6.82. The van der Waals surface area contributed by atoms with E-state index in [-0.39, 0.29) is 17.8 Å². The zero-order valence-electron chi connectivity index (χ0n) is 10.1. The molecular weight excluding hydrogens is 219 g/mol. The van der Waals surface area contributed by atoms with E-state index in [0.29, 0.717) is 0 Å². The topological polar surface area (TPSA) is 55.1 Å². The highest BCUT2D eigenvalue weighted by Crippen LogP contribution is 2.31. The summed E-state index contributed by atoms with van der Waals surface area (Å²) in [4.78, 5) is 11.8. The van der Waals surface area contributed by atoms with Crippen LogP contribution in [0.25, 0.3) is 0 Å². The quantitative estimate of drug-likeness (QED) is 0.820. The van der Waals surface area contributed by atoms with Crippen LogP contribution in [0.2, 0.25) is 0 Å². The van der Waals surface area contributed by atoms with Crippen LogP contribution in [-0.4, -0.2) is 11.4 Å². The van der Waals surface area contributed by atoms with E-state index < -0.39 is 5.54 Å². The number of hydrogen-bond acceptors (Lipinski definition) is 2. The van der Waals surface area contributed by atoms with Crippen LogP contribution in [0.4, 0.5) is 4.39 Å². The highest BCUT2D eigenvalue weighted by atomic mass is 19.1. The van der Waals surface area contributed by atoms with Gasteiger partial charge in [0, 0.05) is 0 Å². The van der Waals surface area contributed by atoms with Gasteiger partial charge < -0.3 is 11.1 Å². The van der Waals surface area contributed by atoms with Crippen LogP contribution in [0.1, 0.15) is 37.4 Å². The fourth-order valence-electron chi connectivity index (χ4n) is 2.08. The van der Waals surface area contributed by atoms with Crippen LogP contribution < -0.4 is 11.1 Å². The molecule has 1 atom stereocenters. The molecule has 0 radical (unpaired) electrons. The summed E-state index contributed by atoms with van der Waals surface area (Å²) in [5, 5.41) is 2.91. The summed E-state index contributed by atoms with van der Waals surface area (Å²) in [5.74, 6) is -0.408. The van der Waals surface area contributed by atoms with Crippen molar-refractivity contribution in [3.63, 3.8) is 0 Å².